The van der Waals surface area contributed by atoms with Gasteiger partial charge in [0.15, 0.2) is 0 Å². The van der Waals surface area contributed by atoms with Crippen LogP contribution in [0.5, 0.6) is 0 Å². The van der Waals surface area contributed by atoms with E-state index in [2.05, 4.69) is 0 Å². The molecular formula is C43H31N3O5. The third kappa shape index (κ3) is 5.43. The number of anilines is 2. The van der Waals surface area contributed by atoms with Gasteiger partial charge in [-0.25, -0.2) is 0 Å². The largest absolute Gasteiger partial charge is 0.462 e. The first-order valence-corrected chi connectivity index (χ1v) is 16.6. The van der Waals surface area contributed by atoms with Gasteiger partial charge in [-0.15, -0.1) is 0 Å². The lowest BCUT2D eigenvalue weighted by Crippen LogP contribution is -2.55. The van der Waals surface area contributed by atoms with Crippen molar-refractivity contribution in [2.45, 2.75) is 18.2 Å². The first kappa shape index (κ1) is 31.5. The van der Waals surface area contributed by atoms with E-state index in [0.29, 0.717) is 45.0 Å². The number of benzene rings is 6. The van der Waals surface area contributed by atoms with Gasteiger partial charge in [-0.3, -0.25) is 29.5 Å². The molecule has 0 bridgehead atoms. The van der Waals surface area contributed by atoms with Crippen LogP contribution in [0.3, 0.4) is 0 Å². The highest BCUT2D eigenvalue weighted by molar-refractivity contribution is 6.33. The fraction of sp³-hybridized carbons (Fsp3) is 0.0698. The molecule has 248 valence electrons. The molecule has 2 unspecified atom stereocenters. The van der Waals surface area contributed by atoms with Crippen LogP contribution in [0.1, 0.15) is 45.1 Å². The number of nitro groups is 1. The van der Waals surface area contributed by atoms with Crippen LogP contribution >= 0.6 is 0 Å². The molecule has 8 rings (SSSR count). The minimum atomic E-state index is -1.48. The number of non-ortho nitro benzene ring substituents is 1. The van der Waals surface area contributed by atoms with Crippen LogP contribution in [0.25, 0.3) is 11.3 Å². The Hall–Kier alpha value is -6.80. The Labute approximate surface area is 294 Å². The van der Waals surface area contributed by atoms with E-state index in [4.69, 9.17) is 4.74 Å². The second kappa shape index (κ2) is 12.9. The van der Waals surface area contributed by atoms with Crippen molar-refractivity contribution in [1.29, 1.82) is 0 Å². The van der Waals surface area contributed by atoms with Gasteiger partial charge < -0.3 is 4.74 Å². The zero-order valence-corrected chi connectivity index (χ0v) is 27.3. The van der Waals surface area contributed by atoms with Crippen LogP contribution in [0.2, 0.25) is 0 Å². The van der Waals surface area contributed by atoms with Crippen LogP contribution in [0.4, 0.5) is 17.1 Å². The van der Waals surface area contributed by atoms with Gasteiger partial charge in [0.1, 0.15) is 5.76 Å². The van der Waals surface area contributed by atoms with Gasteiger partial charge in [0.05, 0.1) is 27.9 Å². The summed E-state index contributed by atoms with van der Waals surface area (Å²) in [5.74, 6) is -0.171. The predicted octanol–water partition coefficient (Wildman–Crippen LogP) is 9.17. The Morgan fingerprint density at radius 2 is 1.20 bits per heavy atom. The molecule has 0 radical (unpaired) electrons. The van der Waals surface area contributed by atoms with Crippen molar-refractivity contribution < 1.29 is 19.2 Å². The first-order valence-electron chi connectivity index (χ1n) is 16.6. The van der Waals surface area contributed by atoms with Crippen LogP contribution in [0, 0.1) is 10.1 Å². The molecule has 51 heavy (non-hydrogen) atoms. The smallest absolute Gasteiger partial charge is 0.269 e. The highest BCUT2D eigenvalue weighted by Gasteiger charge is 2.56. The standard InChI is InChI=1S/C43H31N3O5/c47-41(33-19-9-3-10-20-33)44-36-23-13-14-24-37(36)45-42(48)39(31-15-5-1-6-16-31)40(32-17-7-2-8-18-32)51-43(45,34-21-11-4-12-22-34)29-38(44)30-25-27-35(28-26-30)46(49)50/h1-28,38H,29H2. The number of carbonyl (C=O) groups is 2. The first-order chi connectivity index (χ1) is 25.0. The van der Waals surface area contributed by atoms with Gasteiger partial charge in [-0.2, -0.15) is 0 Å². The van der Waals surface area contributed by atoms with Gasteiger partial charge in [0.2, 0.25) is 5.72 Å². The molecule has 2 heterocycles. The number of nitrogens with zero attached hydrogens (tertiary/aromatic N) is 3. The number of rotatable bonds is 6. The summed E-state index contributed by atoms with van der Waals surface area (Å²) in [6.45, 7) is 0. The van der Waals surface area contributed by atoms with E-state index in [1.807, 2.05) is 121 Å². The zero-order chi connectivity index (χ0) is 35.0. The fourth-order valence-corrected chi connectivity index (χ4v) is 7.17. The van der Waals surface area contributed by atoms with Crippen LogP contribution in [-0.4, -0.2) is 16.7 Å². The topological polar surface area (TPSA) is 93.0 Å². The van der Waals surface area contributed by atoms with E-state index in [-0.39, 0.29) is 23.9 Å². The van der Waals surface area contributed by atoms with Crippen LogP contribution < -0.4 is 9.80 Å². The Morgan fingerprint density at radius 3 is 1.80 bits per heavy atom. The molecule has 0 aromatic heterocycles. The Kier molecular flexibility index (Phi) is 7.96. The summed E-state index contributed by atoms with van der Waals surface area (Å²) in [5, 5.41) is 11.7. The van der Waals surface area contributed by atoms with Gasteiger partial charge in [0, 0.05) is 35.2 Å². The van der Waals surface area contributed by atoms with Gasteiger partial charge in [0.25, 0.3) is 17.5 Å². The van der Waals surface area contributed by atoms with Crippen molar-refractivity contribution in [2.75, 3.05) is 9.80 Å². The minimum absolute atomic E-state index is 0.0704. The fourth-order valence-electron chi connectivity index (χ4n) is 7.17. The number of nitro benzene ring substituents is 1. The highest BCUT2D eigenvalue weighted by Crippen LogP contribution is 2.56. The Bertz CT molecular complexity index is 2280. The SMILES string of the molecule is O=C(c1ccccc1)N1c2ccccc2N2C(=O)C(c3ccccc3)=C(c3ccccc3)OC2(c2ccccc2)CC1c1ccc([N+](=O)[O-])cc1. The molecule has 2 atom stereocenters. The lowest BCUT2D eigenvalue weighted by Gasteiger charge is -2.48. The summed E-state index contributed by atoms with van der Waals surface area (Å²) in [4.78, 5) is 45.1. The molecule has 0 aliphatic carbocycles. The summed E-state index contributed by atoms with van der Waals surface area (Å²) in [5.41, 5.74) is 3.04. The number of amides is 2. The van der Waals surface area contributed by atoms with E-state index in [0.717, 1.165) is 5.56 Å². The minimum Gasteiger partial charge on any atom is -0.462 e. The third-order valence-electron chi connectivity index (χ3n) is 9.49. The van der Waals surface area contributed by atoms with Crippen LogP contribution in [0.15, 0.2) is 170 Å². The van der Waals surface area contributed by atoms with Crippen molar-refractivity contribution in [3.05, 3.63) is 208 Å². The highest BCUT2D eigenvalue weighted by atomic mass is 16.6. The second-order valence-corrected chi connectivity index (χ2v) is 12.4. The molecule has 6 aromatic rings. The van der Waals surface area contributed by atoms with Crippen molar-refractivity contribution in [1.82, 2.24) is 0 Å². The maximum Gasteiger partial charge on any atom is 0.269 e. The van der Waals surface area contributed by atoms with Crippen molar-refractivity contribution in [3.8, 4) is 0 Å². The number of hydrogen-bond donors (Lipinski definition) is 0. The molecule has 0 saturated carbocycles. The number of fused-ring (bicyclic) bond motifs is 3. The van der Waals surface area contributed by atoms with E-state index in [9.17, 15) is 14.9 Å². The maximum atomic E-state index is 15.6. The number of para-hydroxylation sites is 2. The molecule has 8 heteroatoms. The summed E-state index contributed by atoms with van der Waals surface area (Å²) in [7, 11) is 0. The quantitative estimate of drug-likeness (QED) is 0.130. The average Bonchev–Trinajstić information content (AvgIpc) is 3.32. The molecule has 6 aromatic carbocycles. The summed E-state index contributed by atoms with van der Waals surface area (Å²) >= 11 is 0. The summed E-state index contributed by atoms with van der Waals surface area (Å²) < 4.78 is 7.41. The van der Waals surface area contributed by atoms with E-state index >= 15 is 4.79 Å². The molecule has 0 spiro atoms. The predicted molar refractivity (Wildman–Crippen MR) is 197 cm³/mol. The number of carbonyl (C=O) groups excluding carboxylic acids is 2. The summed E-state index contributed by atoms with van der Waals surface area (Å²) in [6, 6.07) is 50.4. The van der Waals surface area contributed by atoms with Gasteiger partial charge >= 0.3 is 0 Å². The summed E-state index contributed by atoms with van der Waals surface area (Å²) in [6.07, 6.45) is 0.0895. The molecule has 8 nitrogen and oxygen atoms in total. The molecule has 0 N–H and O–H groups in total. The van der Waals surface area contributed by atoms with Gasteiger partial charge in [-0.1, -0.05) is 133 Å². The normalized spacial score (nSPS) is 18.3. The Morgan fingerprint density at radius 1 is 0.667 bits per heavy atom. The van der Waals surface area contributed by atoms with Crippen molar-refractivity contribution in [3.63, 3.8) is 0 Å². The Balaban J connectivity index is 1.46. The van der Waals surface area contributed by atoms with E-state index in [1.54, 1.807) is 46.2 Å². The molecule has 0 fully saturated rings. The monoisotopic (exact) mass is 669 g/mol. The lowest BCUT2D eigenvalue weighted by molar-refractivity contribution is -0.384. The van der Waals surface area contributed by atoms with E-state index in [1.165, 1.54) is 12.1 Å². The maximum absolute atomic E-state index is 15.6. The molecule has 2 aliphatic heterocycles. The molecule has 2 aliphatic rings. The van der Waals surface area contributed by atoms with E-state index < -0.39 is 16.7 Å². The second-order valence-electron chi connectivity index (χ2n) is 12.4. The number of ether oxygens (including phenoxy) is 1. The third-order valence-corrected chi connectivity index (χ3v) is 9.49. The molecule has 0 saturated heterocycles. The van der Waals surface area contributed by atoms with Gasteiger partial charge in [-0.05, 0) is 35.4 Å². The number of hydrogen-bond acceptors (Lipinski definition) is 5. The van der Waals surface area contributed by atoms with Crippen molar-refractivity contribution >= 4 is 40.2 Å². The molecule has 2 amide bonds. The molecular weight excluding hydrogens is 638 g/mol. The lowest BCUT2D eigenvalue weighted by atomic mass is 9.86. The van der Waals surface area contributed by atoms with Crippen molar-refractivity contribution in [2.24, 2.45) is 0 Å². The average molecular weight is 670 g/mol. The van der Waals surface area contributed by atoms with Crippen LogP contribution in [-0.2, 0) is 15.3 Å². The zero-order valence-electron chi connectivity index (χ0n) is 27.3.